The molecule has 0 radical (unpaired) electrons. The van der Waals surface area contributed by atoms with Gasteiger partial charge in [-0.2, -0.15) is 0 Å². The van der Waals surface area contributed by atoms with Crippen molar-refractivity contribution >= 4 is 17.3 Å². The van der Waals surface area contributed by atoms with Gasteiger partial charge in [0.1, 0.15) is 6.54 Å². The molecule has 152 valence electrons. The second-order valence-electron chi connectivity index (χ2n) is 7.96. The first-order valence-corrected chi connectivity index (χ1v) is 10.7. The van der Waals surface area contributed by atoms with Gasteiger partial charge in [0, 0.05) is 25.2 Å². The summed E-state index contributed by atoms with van der Waals surface area (Å²) in [7, 11) is 4.31. The number of aliphatic hydroxyl groups is 1. The number of unbranched alkanes of at least 4 members (excludes halogenated alkanes) is 1. The minimum atomic E-state index is -1.27. The molecule has 0 amide bonds. The van der Waals surface area contributed by atoms with Gasteiger partial charge in [-0.25, -0.2) is 4.79 Å². The summed E-state index contributed by atoms with van der Waals surface area (Å²) in [5, 5.41) is 11.0. The molecule has 1 aliphatic rings. The highest BCUT2D eigenvalue weighted by Crippen LogP contribution is 2.39. The quantitative estimate of drug-likeness (QED) is 0.396. The van der Waals surface area contributed by atoms with Gasteiger partial charge >= 0.3 is 5.97 Å². The van der Waals surface area contributed by atoms with Crippen LogP contribution in [0, 0.1) is 0 Å². The molecule has 6 heteroatoms. The first-order chi connectivity index (χ1) is 13.5. The monoisotopic (exact) mass is 404 g/mol. The topological polar surface area (TPSA) is 55.8 Å². The number of ether oxygens (including phenoxy) is 2. The number of likely N-dealkylation sites (tertiary alicyclic amines) is 1. The van der Waals surface area contributed by atoms with E-state index in [1.54, 1.807) is 0 Å². The summed E-state index contributed by atoms with van der Waals surface area (Å²) in [5.74, 6) is -0.350. The van der Waals surface area contributed by atoms with Gasteiger partial charge < -0.3 is 19.1 Å². The molecular weight excluding hydrogens is 374 g/mol. The minimum absolute atomic E-state index is 0.105. The number of carbonyl (C=O) groups is 1. The second kappa shape index (κ2) is 9.18. The maximum absolute atomic E-state index is 13.6. The van der Waals surface area contributed by atoms with E-state index in [-0.39, 0.29) is 18.7 Å². The van der Waals surface area contributed by atoms with Gasteiger partial charge in [0.25, 0.3) is 0 Å². The Balaban J connectivity index is 1.93. The van der Waals surface area contributed by atoms with E-state index in [1.165, 1.54) is 11.3 Å². The van der Waals surface area contributed by atoms with Gasteiger partial charge in [0.15, 0.2) is 6.10 Å². The van der Waals surface area contributed by atoms with Gasteiger partial charge in [-0.3, -0.25) is 0 Å². The first kappa shape index (κ1) is 21.0. The first-order valence-electron chi connectivity index (χ1n) is 9.85. The van der Waals surface area contributed by atoms with Crippen molar-refractivity contribution in [1.82, 2.24) is 0 Å². The van der Waals surface area contributed by atoms with Crippen LogP contribution >= 0.6 is 11.3 Å². The van der Waals surface area contributed by atoms with Crippen LogP contribution in [0.1, 0.15) is 29.7 Å². The molecule has 1 saturated heterocycles. The molecule has 1 aromatic heterocycles. The second-order valence-corrected chi connectivity index (χ2v) is 8.91. The Labute approximate surface area is 171 Å². The van der Waals surface area contributed by atoms with E-state index in [9.17, 15) is 4.79 Å². The van der Waals surface area contributed by atoms with Crippen LogP contribution in [-0.4, -0.2) is 62.1 Å². The van der Waals surface area contributed by atoms with E-state index < -0.39 is 5.60 Å². The standard InChI is InChI=1S/C22H30NO4S/c1-23(2)13-12-19(17-23)27-21(25)22(20-11-8-16-28-20,26-15-7-6-14-24)18-9-4-3-5-10-18/h3-5,8-11,16,19,24H,6-7,12-15,17H2,1-2H3/q+1. The number of thiophene rings is 1. The highest BCUT2D eigenvalue weighted by molar-refractivity contribution is 7.10. The van der Waals surface area contributed by atoms with E-state index in [0.717, 1.165) is 34.4 Å². The Bertz CT molecular complexity index is 747. The van der Waals surface area contributed by atoms with E-state index in [1.807, 2.05) is 47.8 Å². The lowest BCUT2D eigenvalue weighted by Crippen LogP contribution is -2.44. The third kappa shape index (κ3) is 4.63. The molecule has 0 spiro atoms. The number of hydrogen-bond donors (Lipinski definition) is 1. The fourth-order valence-corrected chi connectivity index (χ4v) is 4.61. The number of quaternary nitrogens is 1. The van der Waals surface area contributed by atoms with Crippen LogP contribution in [0.5, 0.6) is 0 Å². The van der Waals surface area contributed by atoms with Gasteiger partial charge in [0.05, 0.1) is 25.5 Å². The van der Waals surface area contributed by atoms with Gasteiger partial charge in [-0.15, -0.1) is 11.3 Å². The molecule has 0 saturated carbocycles. The summed E-state index contributed by atoms with van der Waals surface area (Å²) in [6.45, 7) is 2.28. The van der Waals surface area contributed by atoms with Gasteiger partial charge in [-0.05, 0) is 24.3 Å². The zero-order chi connectivity index (χ0) is 20.0. The fourth-order valence-electron chi connectivity index (χ4n) is 3.72. The minimum Gasteiger partial charge on any atom is -0.453 e. The zero-order valence-corrected chi connectivity index (χ0v) is 17.5. The Kier molecular flexibility index (Phi) is 6.88. The molecule has 2 unspecified atom stereocenters. The van der Waals surface area contributed by atoms with Crippen molar-refractivity contribution in [2.75, 3.05) is 40.4 Å². The molecule has 28 heavy (non-hydrogen) atoms. The average Bonchev–Trinajstić information content (AvgIpc) is 3.33. The smallest absolute Gasteiger partial charge is 0.349 e. The normalized spacial score (nSPS) is 20.6. The fraction of sp³-hybridized carbons (Fsp3) is 0.500. The van der Waals surface area contributed by atoms with Crippen molar-refractivity contribution in [3.63, 3.8) is 0 Å². The molecule has 0 aliphatic carbocycles. The Morgan fingerprint density at radius 1 is 1.21 bits per heavy atom. The molecule has 1 N–H and O–H groups in total. The van der Waals surface area contributed by atoms with Crippen LogP contribution in [0.2, 0.25) is 0 Å². The van der Waals surface area contributed by atoms with Crippen LogP contribution in [0.25, 0.3) is 0 Å². The predicted octanol–water partition coefficient (Wildman–Crippen LogP) is 3.17. The summed E-state index contributed by atoms with van der Waals surface area (Å²) in [5.41, 5.74) is -0.497. The van der Waals surface area contributed by atoms with E-state index in [2.05, 4.69) is 14.1 Å². The van der Waals surface area contributed by atoms with Crippen molar-refractivity contribution in [3.8, 4) is 0 Å². The largest absolute Gasteiger partial charge is 0.453 e. The van der Waals surface area contributed by atoms with E-state index >= 15 is 0 Å². The third-order valence-corrected chi connectivity index (χ3v) is 6.21. The average molecular weight is 405 g/mol. The zero-order valence-electron chi connectivity index (χ0n) is 16.7. The molecule has 1 aromatic carbocycles. The number of hydrogen-bond acceptors (Lipinski definition) is 5. The highest BCUT2D eigenvalue weighted by Gasteiger charge is 2.48. The number of carbonyl (C=O) groups excluding carboxylic acids is 1. The summed E-state index contributed by atoms with van der Waals surface area (Å²) in [4.78, 5) is 14.4. The van der Waals surface area contributed by atoms with Crippen molar-refractivity contribution in [2.24, 2.45) is 0 Å². The SMILES string of the molecule is C[N+]1(C)CCC(OC(=O)C(OCCCCO)(c2ccccc2)c2cccs2)C1. The van der Waals surface area contributed by atoms with Crippen molar-refractivity contribution in [1.29, 1.82) is 0 Å². The summed E-state index contributed by atoms with van der Waals surface area (Å²) < 4.78 is 13.2. The molecule has 5 nitrogen and oxygen atoms in total. The molecule has 2 heterocycles. The number of likely N-dealkylation sites (N-methyl/N-ethyl adjacent to an activating group) is 1. The summed E-state index contributed by atoms with van der Waals surface area (Å²) >= 11 is 1.50. The number of nitrogens with zero attached hydrogens (tertiary/aromatic N) is 1. The molecule has 2 aromatic rings. The number of esters is 1. The van der Waals surface area contributed by atoms with Gasteiger partial charge in [-0.1, -0.05) is 36.4 Å². The summed E-state index contributed by atoms with van der Waals surface area (Å²) in [6.07, 6.45) is 2.07. The van der Waals surface area contributed by atoms with E-state index in [4.69, 9.17) is 14.6 Å². The Morgan fingerprint density at radius 2 is 2.00 bits per heavy atom. The van der Waals surface area contributed by atoms with E-state index in [0.29, 0.717) is 19.4 Å². The number of rotatable bonds is 9. The number of benzene rings is 1. The lowest BCUT2D eigenvalue weighted by Gasteiger charge is -2.32. The van der Waals surface area contributed by atoms with Crippen LogP contribution < -0.4 is 0 Å². The lowest BCUT2D eigenvalue weighted by atomic mass is 9.91. The van der Waals surface area contributed by atoms with Crippen LogP contribution in [-0.2, 0) is 19.9 Å². The molecule has 3 rings (SSSR count). The van der Waals surface area contributed by atoms with Crippen LogP contribution in [0.15, 0.2) is 47.8 Å². The highest BCUT2D eigenvalue weighted by atomic mass is 32.1. The molecule has 0 bridgehead atoms. The maximum Gasteiger partial charge on any atom is 0.349 e. The van der Waals surface area contributed by atoms with Crippen molar-refractivity contribution in [2.45, 2.75) is 31.0 Å². The van der Waals surface area contributed by atoms with Crippen LogP contribution in [0.3, 0.4) is 0 Å². The molecular formula is C22H30NO4S+. The Morgan fingerprint density at radius 3 is 2.61 bits per heavy atom. The summed E-state index contributed by atoms with van der Waals surface area (Å²) in [6, 6.07) is 13.5. The molecule has 1 aliphatic heterocycles. The Hall–Kier alpha value is -1.73. The van der Waals surface area contributed by atoms with Crippen molar-refractivity contribution < 1.29 is 23.9 Å². The van der Waals surface area contributed by atoms with Crippen molar-refractivity contribution in [3.05, 3.63) is 58.3 Å². The maximum atomic E-state index is 13.6. The molecule has 2 atom stereocenters. The third-order valence-electron chi connectivity index (χ3n) is 5.23. The van der Waals surface area contributed by atoms with Gasteiger partial charge in [0.2, 0.25) is 5.60 Å². The predicted molar refractivity (Wildman–Crippen MR) is 110 cm³/mol. The van der Waals surface area contributed by atoms with Crippen LogP contribution in [0.4, 0.5) is 0 Å². The lowest BCUT2D eigenvalue weighted by molar-refractivity contribution is -0.879. The number of aliphatic hydroxyl groups excluding tert-OH is 1. The molecule has 1 fully saturated rings.